The molecule has 1 aliphatic rings. The van der Waals surface area contributed by atoms with E-state index < -0.39 is 0 Å². The lowest BCUT2D eigenvalue weighted by Crippen LogP contribution is -2.37. The number of hydrogen-bond acceptors (Lipinski definition) is 6. The Morgan fingerprint density at radius 1 is 1.30 bits per heavy atom. The molecule has 7 nitrogen and oxygen atoms in total. The number of aryl methyl sites for hydroxylation is 1. The molecular weight excluding hydrogens is 300 g/mol. The zero-order valence-corrected chi connectivity index (χ0v) is 13.7. The molecule has 1 heterocycles. The van der Waals surface area contributed by atoms with Crippen molar-refractivity contribution in [3.8, 4) is 11.5 Å². The van der Waals surface area contributed by atoms with Crippen LogP contribution in [0.5, 0.6) is 11.5 Å². The Hall–Kier alpha value is -1.86. The van der Waals surface area contributed by atoms with Crippen molar-refractivity contribution in [3.63, 3.8) is 0 Å². The summed E-state index contributed by atoms with van der Waals surface area (Å²) in [5.41, 5.74) is 0.726. The van der Waals surface area contributed by atoms with Crippen LogP contribution in [0.3, 0.4) is 0 Å². The van der Waals surface area contributed by atoms with Crippen LogP contribution in [0, 0.1) is 10.1 Å². The van der Waals surface area contributed by atoms with E-state index in [1.165, 1.54) is 6.07 Å². The lowest BCUT2D eigenvalue weighted by atomic mass is 10.1. The van der Waals surface area contributed by atoms with Gasteiger partial charge in [-0.2, -0.15) is 0 Å². The summed E-state index contributed by atoms with van der Waals surface area (Å²) < 4.78 is 16.3. The van der Waals surface area contributed by atoms with Crippen molar-refractivity contribution in [3.05, 3.63) is 27.8 Å². The molecule has 2 rings (SSSR count). The van der Waals surface area contributed by atoms with Gasteiger partial charge in [0.2, 0.25) is 0 Å². The highest BCUT2D eigenvalue weighted by Crippen LogP contribution is 2.35. The first-order valence-corrected chi connectivity index (χ1v) is 7.94. The molecular formula is C16H24N2O5. The highest BCUT2D eigenvalue weighted by Gasteiger charge is 2.18. The van der Waals surface area contributed by atoms with Gasteiger partial charge in [0, 0.05) is 25.2 Å². The van der Waals surface area contributed by atoms with Gasteiger partial charge in [-0.1, -0.05) is 6.92 Å². The van der Waals surface area contributed by atoms with E-state index in [-0.39, 0.29) is 10.6 Å². The first-order valence-electron chi connectivity index (χ1n) is 7.94. The van der Waals surface area contributed by atoms with E-state index in [2.05, 4.69) is 4.90 Å². The van der Waals surface area contributed by atoms with Crippen molar-refractivity contribution in [2.75, 3.05) is 46.6 Å². The summed E-state index contributed by atoms with van der Waals surface area (Å²) in [5.74, 6) is 0.970. The topological polar surface area (TPSA) is 74.1 Å². The third-order valence-corrected chi connectivity index (χ3v) is 3.92. The molecule has 0 atom stereocenters. The number of methoxy groups -OCH3 is 1. The SMILES string of the molecule is CCc1cc(OC)c(OCCCN2CCOCC2)cc1[N+](=O)[O-]. The molecule has 0 N–H and O–H groups in total. The number of nitrogens with zero attached hydrogens (tertiary/aromatic N) is 2. The van der Waals surface area contributed by atoms with Gasteiger partial charge in [0.05, 0.1) is 37.9 Å². The second kappa shape index (κ2) is 8.69. The average molecular weight is 324 g/mol. The van der Waals surface area contributed by atoms with Crippen molar-refractivity contribution in [1.29, 1.82) is 0 Å². The van der Waals surface area contributed by atoms with Crippen LogP contribution in [0.15, 0.2) is 12.1 Å². The molecule has 0 radical (unpaired) electrons. The molecule has 1 aromatic rings. The fraction of sp³-hybridized carbons (Fsp3) is 0.625. The molecule has 1 aliphatic heterocycles. The van der Waals surface area contributed by atoms with Crippen LogP contribution in [0.1, 0.15) is 18.9 Å². The Labute approximate surface area is 136 Å². The number of rotatable bonds is 8. The van der Waals surface area contributed by atoms with Gasteiger partial charge >= 0.3 is 0 Å². The summed E-state index contributed by atoms with van der Waals surface area (Å²) in [7, 11) is 1.54. The van der Waals surface area contributed by atoms with Crippen molar-refractivity contribution in [2.24, 2.45) is 0 Å². The molecule has 0 unspecified atom stereocenters. The van der Waals surface area contributed by atoms with Gasteiger partial charge in [-0.25, -0.2) is 0 Å². The molecule has 128 valence electrons. The maximum atomic E-state index is 11.2. The van der Waals surface area contributed by atoms with E-state index in [1.54, 1.807) is 13.2 Å². The average Bonchev–Trinajstić information content (AvgIpc) is 2.58. The second-order valence-corrected chi connectivity index (χ2v) is 5.40. The molecule has 0 spiro atoms. The minimum atomic E-state index is -0.376. The first-order chi connectivity index (χ1) is 11.2. The maximum Gasteiger partial charge on any atom is 0.276 e. The van der Waals surface area contributed by atoms with Crippen molar-refractivity contribution in [2.45, 2.75) is 19.8 Å². The van der Waals surface area contributed by atoms with Gasteiger partial charge in [-0.05, 0) is 18.9 Å². The summed E-state index contributed by atoms with van der Waals surface area (Å²) >= 11 is 0. The van der Waals surface area contributed by atoms with Crippen molar-refractivity contribution in [1.82, 2.24) is 4.90 Å². The highest BCUT2D eigenvalue weighted by atomic mass is 16.6. The van der Waals surface area contributed by atoms with Gasteiger partial charge in [0.1, 0.15) is 0 Å². The maximum absolute atomic E-state index is 11.2. The number of benzene rings is 1. The number of ether oxygens (including phenoxy) is 3. The number of nitro groups is 1. The van der Waals surface area contributed by atoms with E-state index in [1.807, 2.05) is 6.92 Å². The molecule has 0 saturated carbocycles. The fourth-order valence-corrected chi connectivity index (χ4v) is 2.61. The molecule has 0 amide bonds. The van der Waals surface area contributed by atoms with Crippen LogP contribution in [-0.2, 0) is 11.2 Å². The third-order valence-electron chi connectivity index (χ3n) is 3.92. The summed E-state index contributed by atoms with van der Waals surface area (Å²) in [4.78, 5) is 13.1. The van der Waals surface area contributed by atoms with E-state index in [0.29, 0.717) is 30.1 Å². The van der Waals surface area contributed by atoms with Crippen molar-refractivity contribution < 1.29 is 19.1 Å². The van der Waals surface area contributed by atoms with Gasteiger partial charge < -0.3 is 14.2 Å². The predicted octanol–water partition coefficient (Wildman–Crippen LogP) is 2.27. The Bertz CT molecular complexity index is 529. The van der Waals surface area contributed by atoms with Crippen LogP contribution in [0.2, 0.25) is 0 Å². The summed E-state index contributed by atoms with van der Waals surface area (Å²) in [6.07, 6.45) is 1.43. The fourth-order valence-electron chi connectivity index (χ4n) is 2.61. The molecule has 0 aromatic heterocycles. The molecule has 1 saturated heterocycles. The zero-order chi connectivity index (χ0) is 16.7. The first kappa shape index (κ1) is 17.5. The highest BCUT2D eigenvalue weighted by molar-refractivity contribution is 5.54. The van der Waals surface area contributed by atoms with Crippen LogP contribution < -0.4 is 9.47 Å². The quantitative estimate of drug-likeness (QED) is 0.415. The largest absolute Gasteiger partial charge is 0.493 e. The Morgan fingerprint density at radius 3 is 2.65 bits per heavy atom. The minimum Gasteiger partial charge on any atom is -0.493 e. The van der Waals surface area contributed by atoms with E-state index in [0.717, 1.165) is 39.3 Å². The number of morpholine rings is 1. The van der Waals surface area contributed by atoms with Gasteiger partial charge in [-0.3, -0.25) is 15.0 Å². The van der Waals surface area contributed by atoms with Gasteiger partial charge in [0.25, 0.3) is 5.69 Å². The summed E-state index contributed by atoms with van der Waals surface area (Å²) in [6, 6.07) is 3.15. The molecule has 1 aromatic carbocycles. The second-order valence-electron chi connectivity index (χ2n) is 5.40. The lowest BCUT2D eigenvalue weighted by Gasteiger charge is -2.26. The normalized spacial score (nSPS) is 15.4. The Kier molecular flexibility index (Phi) is 6.61. The van der Waals surface area contributed by atoms with Crippen LogP contribution in [-0.4, -0.2) is 56.4 Å². The van der Waals surface area contributed by atoms with Crippen molar-refractivity contribution >= 4 is 5.69 Å². The third kappa shape index (κ3) is 4.80. The molecule has 7 heteroatoms. The Morgan fingerprint density at radius 2 is 2.04 bits per heavy atom. The number of nitro benzene ring substituents is 1. The van der Waals surface area contributed by atoms with Gasteiger partial charge in [-0.15, -0.1) is 0 Å². The van der Waals surface area contributed by atoms with E-state index in [9.17, 15) is 10.1 Å². The van der Waals surface area contributed by atoms with Gasteiger partial charge in [0.15, 0.2) is 11.5 Å². The lowest BCUT2D eigenvalue weighted by molar-refractivity contribution is -0.385. The van der Waals surface area contributed by atoms with E-state index in [4.69, 9.17) is 14.2 Å². The van der Waals surface area contributed by atoms with Crippen LogP contribution in [0.4, 0.5) is 5.69 Å². The van der Waals surface area contributed by atoms with E-state index >= 15 is 0 Å². The number of hydrogen-bond donors (Lipinski definition) is 0. The smallest absolute Gasteiger partial charge is 0.276 e. The summed E-state index contributed by atoms with van der Waals surface area (Å²) in [5, 5.41) is 11.2. The van der Waals surface area contributed by atoms with Crippen LogP contribution >= 0.6 is 0 Å². The predicted molar refractivity (Wildman–Crippen MR) is 86.4 cm³/mol. The van der Waals surface area contributed by atoms with Crippen LogP contribution in [0.25, 0.3) is 0 Å². The molecule has 1 fully saturated rings. The molecule has 0 aliphatic carbocycles. The minimum absolute atomic E-state index is 0.0801. The monoisotopic (exact) mass is 324 g/mol. The Balaban J connectivity index is 1.95. The molecule has 0 bridgehead atoms. The zero-order valence-electron chi connectivity index (χ0n) is 13.7. The standard InChI is InChI=1S/C16H24N2O5/c1-3-13-11-15(21-2)16(12-14(13)18(19)20)23-8-4-5-17-6-9-22-10-7-17/h11-12H,3-10H2,1-2H3. The summed E-state index contributed by atoms with van der Waals surface area (Å²) in [6.45, 7) is 6.75. The molecule has 23 heavy (non-hydrogen) atoms.